The van der Waals surface area contributed by atoms with Crippen molar-refractivity contribution in [3.8, 4) is 0 Å². The van der Waals surface area contributed by atoms with Gasteiger partial charge in [-0.2, -0.15) is 0 Å². The smallest absolute Gasteiger partial charge is 0.183 e. The molecule has 1 heterocycles. The summed E-state index contributed by atoms with van der Waals surface area (Å²) < 4.78 is 7.83. The van der Waals surface area contributed by atoms with Gasteiger partial charge in [0.1, 0.15) is 6.73 Å². The van der Waals surface area contributed by atoms with Crippen molar-refractivity contribution in [1.82, 2.24) is 4.57 Å². The predicted octanol–water partition coefficient (Wildman–Crippen LogP) is 4.83. The van der Waals surface area contributed by atoms with E-state index in [1.54, 1.807) is 0 Å². The molecular weight excluding hydrogens is 366 g/mol. The standard InChI is InChI=1S/C23H37NO3Si/c1-5-17-8-11-20-19(17)10-9-18(15-25)22(20)23(26)21-7-6-12-24(21)16-27-13-14-28(2,3)4/h6-7,9-10,12,17-20,22,25H,5,8,11,13-16H2,1-4H3/t17-,18-,19+,20+,22+/m0/s1. The third-order valence-electron chi connectivity index (χ3n) is 6.76. The molecule has 0 radical (unpaired) electrons. The van der Waals surface area contributed by atoms with Crippen molar-refractivity contribution in [2.24, 2.45) is 29.6 Å². The van der Waals surface area contributed by atoms with E-state index in [2.05, 4.69) is 38.7 Å². The van der Waals surface area contributed by atoms with Crippen molar-refractivity contribution >= 4 is 13.9 Å². The lowest BCUT2D eigenvalue weighted by atomic mass is 9.68. The van der Waals surface area contributed by atoms with Gasteiger partial charge in [-0.05, 0) is 48.8 Å². The average molecular weight is 404 g/mol. The molecule has 156 valence electrons. The van der Waals surface area contributed by atoms with E-state index < -0.39 is 8.07 Å². The molecule has 1 aromatic heterocycles. The summed E-state index contributed by atoms with van der Waals surface area (Å²) in [6, 6.07) is 4.97. The highest BCUT2D eigenvalue weighted by molar-refractivity contribution is 6.76. The first-order valence-corrected chi connectivity index (χ1v) is 14.6. The average Bonchev–Trinajstić information content (AvgIpc) is 3.29. The van der Waals surface area contributed by atoms with Gasteiger partial charge in [-0.3, -0.25) is 4.79 Å². The fraction of sp³-hybridized carbons (Fsp3) is 0.696. The minimum Gasteiger partial charge on any atom is -0.396 e. The Morgan fingerprint density at radius 1 is 1.29 bits per heavy atom. The maximum Gasteiger partial charge on any atom is 0.183 e. The Kier molecular flexibility index (Phi) is 7.00. The van der Waals surface area contributed by atoms with E-state index in [0.29, 0.717) is 24.5 Å². The Hall–Kier alpha value is -1.17. The Bertz CT molecular complexity index is 690. The number of allylic oxidation sites excluding steroid dienone is 1. The molecule has 0 spiro atoms. The molecule has 5 heteroatoms. The van der Waals surface area contributed by atoms with Crippen LogP contribution >= 0.6 is 0 Å². The first-order valence-electron chi connectivity index (χ1n) is 10.9. The minimum atomic E-state index is -1.12. The van der Waals surface area contributed by atoms with Crippen molar-refractivity contribution in [3.63, 3.8) is 0 Å². The first-order chi connectivity index (χ1) is 13.4. The molecule has 1 fully saturated rings. The molecule has 0 unspecified atom stereocenters. The van der Waals surface area contributed by atoms with Gasteiger partial charge in [0, 0.05) is 32.7 Å². The van der Waals surface area contributed by atoms with Crippen LogP contribution in [-0.4, -0.2) is 36.7 Å². The maximum absolute atomic E-state index is 13.6. The molecule has 2 aliphatic rings. The zero-order valence-corrected chi connectivity index (χ0v) is 18.9. The topological polar surface area (TPSA) is 51.5 Å². The van der Waals surface area contributed by atoms with E-state index in [0.717, 1.165) is 31.2 Å². The summed E-state index contributed by atoms with van der Waals surface area (Å²) in [4.78, 5) is 13.6. The number of nitrogens with zero attached hydrogens (tertiary/aromatic N) is 1. The lowest BCUT2D eigenvalue weighted by Crippen LogP contribution is -2.38. The van der Waals surface area contributed by atoms with Crippen LogP contribution in [0.4, 0.5) is 0 Å². The summed E-state index contributed by atoms with van der Waals surface area (Å²) in [7, 11) is -1.12. The second-order valence-corrected chi connectivity index (χ2v) is 15.4. The first kappa shape index (κ1) is 21.5. The second-order valence-electron chi connectivity index (χ2n) is 9.82. The molecule has 3 rings (SSSR count). The number of aliphatic hydroxyl groups excluding tert-OH is 1. The predicted molar refractivity (Wildman–Crippen MR) is 116 cm³/mol. The molecule has 2 aliphatic carbocycles. The number of aliphatic hydroxyl groups is 1. The second kappa shape index (κ2) is 9.10. The fourth-order valence-electron chi connectivity index (χ4n) is 5.07. The maximum atomic E-state index is 13.6. The molecule has 0 aromatic carbocycles. The summed E-state index contributed by atoms with van der Waals surface area (Å²) in [6.07, 6.45) is 9.78. The van der Waals surface area contributed by atoms with Gasteiger partial charge >= 0.3 is 0 Å². The van der Waals surface area contributed by atoms with Gasteiger partial charge in [0.25, 0.3) is 0 Å². The molecule has 0 bridgehead atoms. The summed E-state index contributed by atoms with van der Waals surface area (Å²) in [5.41, 5.74) is 0.727. The fourth-order valence-corrected chi connectivity index (χ4v) is 5.83. The van der Waals surface area contributed by atoms with Gasteiger partial charge in [-0.15, -0.1) is 0 Å². The van der Waals surface area contributed by atoms with Crippen LogP contribution in [0.5, 0.6) is 0 Å². The number of hydrogen-bond donors (Lipinski definition) is 1. The SMILES string of the molecule is CC[C@H]1CC[C@@H]2[C@@H]1C=C[C@@H](CO)[C@H]2C(=O)c1cccn1COCC[Si](C)(C)C. The van der Waals surface area contributed by atoms with E-state index in [1.165, 1.54) is 6.42 Å². The highest BCUT2D eigenvalue weighted by Gasteiger charge is 2.46. The third kappa shape index (κ3) is 4.69. The van der Waals surface area contributed by atoms with Crippen LogP contribution in [0.25, 0.3) is 0 Å². The molecule has 0 aliphatic heterocycles. The van der Waals surface area contributed by atoms with E-state index in [-0.39, 0.29) is 24.2 Å². The number of Topliss-reactive ketones (excluding diaryl/α,β-unsaturated/α-hetero) is 1. The van der Waals surface area contributed by atoms with Crippen LogP contribution < -0.4 is 0 Å². The summed E-state index contributed by atoms with van der Waals surface area (Å²) >= 11 is 0. The molecule has 0 amide bonds. The molecular formula is C23H37NO3Si. The van der Waals surface area contributed by atoms with Gasteiger partial charge in [0.05, 0.1) is 12.3 Å². The highest BCUT2D eigenvalue weighted by atomic mass is 28.3. The van der Waals surface area contributed by atoms with E-state index in [1.807, 2.05) is 22.9 Å². The van der Waals surface area contributed by atoms with Crippen LogP contribution in [0.1, 0.15) is 36.7 Å². The molecule has 28 heavy (non-hydrogen) atoms. The quantitative estimate of drug-likeness (QED) is 0.278. The lowest BCUT2D eigenvalue weighted by Gasteiger charge is -2.36. The molecule has 0 saturated heterocycles. The van der Waals surface area contributed by atoms with Crippen LogP contribution in [0.2, 0.25) is 25.7 Å². The van der Waals surface area contributed by atoms with Crippen LogP contribution in [0.3, 0.4) is 0 Å². The van der Waals surface area contributed by atoms with Crippen molar-refractivity contribution in [1.29, 1.82) is 0 Å². The Morgan fingerprint density at radius 2 is 2.07 bits per heavy atom. The zero-order chi connectivity index (χ0) is 20.3. The van der Waals surface area contributed by atoms with E-state index in [4.69, 9.17) is 4.74 Å². The van der Waals surface area contributed by atoms with Crippen LogP contribution in [0, 0.1) is 29.6 Å². The molecule has 5 atom stereocenters. The number of carbonyl (C=O) groups excluding carboxylic acids is 1. The Labute approximate surface area is 171 Å². The Balaban J connectivity index is 1.72. The summed E-state index contributed by atoms with van der Waals surface area (Å²) in [5.74, 6) is 1.50. The van der Waals surface area contributed by atoms with E-state index in [9.17, 15) is 9.90 Å². The van der Waals surface area contributed by atoms with Gasteiger partial charge < -0.3 is 14.4 Å². The largest absolute Gasteiger partial charge is 0.396 e. The normalized spacial score (nSPS) is 29.8. The number of ether oxygens (including phenoxy) is 1. The van der Waals surface area contributed by atoms with Gasteiger partial charge in [0.15, 0.2) is 5.78 Å². The molecule has 1 aromatic rings. The molecule has 1 N–H and O–H groups in total. The van der Waals surface area contributed by atoms with Crippen molar-refractivity contribution in [2.45, 2.75) is 58.6 Å². The van der Waals surface area contributed by atoms with Gasteiger partial charge in [0.2, 0.25) is 0 Å². The number of ketones is 1. The number of carbonyl (C=O) groups is 1. The number of fused-ring (bicyclic) bond motifs is 1. The van der Waals surface area contributed by atoms with E-state index >= 15 is 0 Å². The number of rotatable bonds is 9. The zero-order valence-electron chi connectivity index (χ0n) is 17.9. The molecule has 4 nitrogen and oxygen atoms in total. The van der Waals surface area contributed by atoms with Gasteiger partial charge in [-0.25, -0.2) is 0 Å². The summed E-state index contributed by atoms with van der Waals surface area (Å²) in [6.45, 7) is 10.5. The molecule has 1 saturated carbocycles. The number of hydrogen-bond acceptors (Lipinski definition) is 3. The number of aromatic nitrogens is 1. The summed E-state index contributed by atoms with van der Waals surface area (Å²) in [5, 5.41) is 9.94. The van der Waals surface area contributed by atoms with Crippen molar-refractivity contribution in [3.05, 3.63) is 36.2 Å². The van der Waals surface area contributed by atoms with Gasteiger partial charge in [-0.1, -0.05) is 45.1 Å². The lowest BCUT2D eigenvalue weighted by molar-refractivity contribution is 0.0647. The Morgan fingerprint density at radius 3 is 2.75 bits per heavy atom. The monoisotopic (exact) mass is 403 g/mol. The third-order valence-corrected chi connectivity index (χ3v) is 8.46. The van der Waals surface area contributed by atoms with Crippen molar-refractivity contribution in [2.75, 3.05) is 13.2 Å². The van der Waals surface area contributed by atoms with Crippen LogP contribution in [-0.2, 0) is 11.5 Å². The van der Waals surface area contributed by atoms with Crippen molar-refractivity contribution < 1.29 is 14.6 Å². The van der Waals surface area contributed by atoms with Crippen LogP contribution in [0.15, 0.2) is 30.5 Å². The minimum absolute atomic E-state index is 0.0420. The highest BCUT2D eigenvalue weighted by Crippen LogP contribution is 2.49.